The number of nitrogens with zero attached hydrogens (tertiary/aromatic N) is 3. The van der Waals surface area contributed by atoms with Crippen molar-refractivity contribution in [3.63, 3.8) is 0 Å². The first-order valence-corrected chi connectivity index (χ1v) is 11.8. The minimum atomic E-state index is -3.19. The van der Waals surface area contributed by atoms with Crippen LogP contribution in [0.5, 0.6) is 0 Å². The van der Waals surface area contributed by atoms with Crippen molar-refractivity contribution in [3.8, 4) is 5.69 Å². The fourth-order valence-corrected chi connectivity index (χ4v) is 3.51. The molecular weight excluding hydrogens is 440 g/mol. The molecule has 1 unspecified atom stereocenters. The number of hydrogen-bond acceptors (Lipinski definition) is 6. The molecule has 3 N–H and O–H groups in total. The molecule has 3 rings (SSSR count). The van der Waals surface area contributed by atoms with Crippen molar-refractivity contribution >= 4 is 27.4 Å². The van der Waals surface area contributed by atoms with E-state index in [0.29, 0.717) is 10.7 Å². The van der Waals surface area contributed by atoms with E-state index in [1.165, 1.54) is 18.6 Å². The van der Waals surface area contributed by atoms with E-state index in [-0.39, 0.29) is 16.5 Å². The Kier molecular flexibility index (Phi) is 8.32. The number of carbonyl (C=O) groups is 1. The van der Waals surface area contributed by atoms with Crippen molar-refractivity contribution in [2.45, 2.75) is 37.6 Å². The Balaban J connectivity index is 0.000000221. The van der Waals surface area contributed by atoms with Gasteiger partial charge in [0, 0.05) is 29.7 Å². The summed E-state index contributed by atoms with van der Waals surface area (Å²) in [6.07, 6.45) is 7.26. The maximum absolute atomic E-state index is 11.3. The van der Waals surface area contributed by atoms with Crippen LogP contribution in [0.25, 0.3) is 5.69 Å². The molecule has 2 aromatic heterocycles. The van der Waals surface area contributed by atoms with E-state index in [9.17, 15) is 13.2 Å². The Morgan fingerprint density at radius 1 is 1.23 bits per heavy atom. The minimum Gasteiger partial charge on any atom is -0.478 e. The molecule has 0 aliphatic heterocycles. The number of carboxylic acids is 1. The van der Waals surface area contributed by atoms with Crippen LogP contribution in [0.4, 0.5) is 0 Å². The summed E-state index contributed by atoms with van der Waals surface area (Å²) >= 11 is 5.77. The van der Waals surface area contributed by atoms with Gasteiger partial charge in [-0.2, -0.15) is 5.10 Å². The number of pyridine rings is 1. The van der Waals surface area contributed by atoms with Crippen LogP contribution < -0.4 is 5.73 Å². The topological polar surface area (TPSA) is 128 Å². The first kappa shape index (κ1) is 24.5. The molecule has 0 saturated carbocycles. The summed E-state index contributed by atoms with van der Waals surface area (Å²) in [5.74, 6) is -0.974. The van der Waals surface area contributed by atoms with Crippen molar-refractivity contribution in [2.75, 3.05) is 6.26 Å². The molecule has 0 saturated heterocycles. The van der Waals surface area contributed by atoms with Crippen LogP contribution in [0, 0.1) is 6.92 Å². The highest BCUT2D eigenvalue weighted by atomic mass is 35.5. The van der Waals surface area contributed by atoms with Crippen molar-refractivity contribution in [1.82, 2.24) is 14.8 Å². The third-order valence-electron chi connectivity index (χ3n) is 4.50. The summed E-state index contributed by atoms with van der Waals surface area (Å²) in [6, 6.07) is 8.51. The summed E-state index contributed by atoms with van der Waals surface area (Å²) in [4.78, 5) is 15.0. The number of benzene rings is 1. The predicted octanol–water partition coefficient (Wildman–Crippen LogP) is 3.82. The average Bonchev–Trinajstić information content (AvgIpc) is 3.10. The van der Waals surface area contributed by atoms with Gasteiger partial charge in [0.25, 0.3) is 0 Å². The first-order chi connectivity index (χ1) is 14.5. The van der Waals surface area contributed by atoms with Crippen LogP contribution in [0.1, 0.15) is 47.4 Å². The monoisotopic (exact) mass is 464 g/mol. The Morgan fingerprint density at radius 3 is 2.39 bits per heavy atom. The van der Waals surface area contributed by atoms with E-state index in [1.807, 2.05) is 6.92 Å². The molecule has 0 bridgehead atoms. The standard InChI is InChI=1S/C11H9ClN2O2.C10H16N2O2S/c1-7-10(11(15)16)6-13-14(7)9-4-2-8(12)3-5-9;1-3-4-10(11)8-5-9(7-12-6-8)15(2,13)14/h2-6H,1H3,(H,15,16);5-7,10H,3-4,11H2,1-2H3. The molecule has 166 valence electrons. The number of halogens is 1. The highest BCUT2D eigenvalue weighted by Gasteiger charge is 2.13. The molecule has 0 radical (unpaired) electrons. The van der Waals surface area contributed by atoms with Gasteiger partial charge in [0.15, 0.2) is 9.84 Å². The molecule has 0 spiro atoms. The lowest BCUT2D eigenvalue weighted by atomic mass is 10.1. The second-order valence-corrected chi connectivity index (χ2v) is 9.41. The van der Waals surface area contributed by atoms with Crippen LogP contribution in [0.3, 0.4) is 0 Å². The molecule has 0 aliphatic carbocycles. The first-order valence-electron chi connectivity index (χ1n) is 9.49. The lowest BCUT2D eigenvalue weighted by Gasteiger charge is -2.10. The van der Waals surface area contributed by atoms with Gasteiger partial charge in [-0.15, -0.1) is 0 Å². The van der Waals surface area contributed by atoms with Gasteiger partial charge in [0.2, 0.25) is 0 Å². The van der Waals surface area contributed by atoms with Crippen LogP contribution >= 0.6 is 11.6 Å². The largest absolute Gasteiger partial charge is 0.478 e. The van der Waals surface area contributed by atoms with E-state index < -0.39 is 15.8 Å². The van der Waals surface area contributed by atoms with Crippen molar-refractivity contribution in [1.29, 1.82) is 0 Å². The summed E-state index contributed by atoms with van der Waals surface area (Å²) in [6.45, 7) is 3.75. The highest BCUT2D eigenvalue weighted by Crippen LogP contribution is 2.18. The fourth-order valence-electron chi connectivity index (χ4n) is 2.78. The minimum absolute atomic E-state index is 0.135. The lowest BCUT2D eigenvalue weighted by Crippen LogP contribution is -2.11. The Hall–Kier alpha value is -2.75. The van der Waals surface area contributed by atoms with Crippen LogP contribution in [-0.2, 0) is 9.84 Å². The Labute approximate surface area is 186 Å². The summed E-state index contributed by atoms with van der Waals surface area (Å²) in [7, 11) is -3.19. The van der Waals surface area contributed by atoms with E-state index >= 15 is 0 Å². The number of hydrogen-bond donors (Lipinski definition) is 2. The third-order valence-corrected chi connectivity index (χ3v) is 5.83. The van der Waals surface area contributed by atoms with Gasteiger partial charge in [-0.25, -0.2) is 17.9 Å². The molecule has 1 atom stereocenters. The maximum atomic E-state index is 11.3. The molecule has 1 aromatic carbocycles. The van der Waals surface area contributed by atoms with Crippen molar-refractivity contribution in [3.05, 3.63) is 70.8 Å². The SMILES string of the molecule is CCCC(N)c1cncc(S(C)(=O)=O)c1.Cc1c(C(=O)O)cnn1-c1ccc(Cl)cc1. The molecule has 8 nitrogen and oxygen atoms in total. The molecule has 0 aliphatic rings. The number of aromatic carboxylic acids is 1. The lowest BCUT2D eigenvalue weighted by molar-refractivity contribution is 0.0696. The number of sulfone groups is 1. The van der Waals surface area contributed by atoms with Gasteiger partial charge in [-0.05, 0) is 49.2 Å². The van der Waals surface area contributed by atoms with Crippen LogP contribution in [0.15, 0.2) is 53.8 Å². The molecule has 3 aromatic rings. The normalized spacial score (nSPS) is 12.0. The van der Waals surface area contributed by atoms with E-state index in [1.54, 1.807) is 48.1 Å². The van der Waals surface area contributed by atoms with Gasteiger partial charge in [-0.1, -0.05) is 24.9 Å². The zero-order valence-electron chi connectivity index (χ0n) is 17.5. The molecule has 31 heavy (non-hydrogen) atoms. The van der Waals surface area contributed by atoms with E-state index in [2.05, 4.69) is 10.1 Å². The smallest absolute Gasteiger partial charge is 0.339 e. The highest BCUT2D eigenvalue weighted by molar-refractivity contribution is 7.90. The predicted molar refractivity (Wildman–Crippen MR) is 119 cm³/mol. The number of rotatable bonds is 6. The molecule has 10 heteroatoms. The van der Waals surface area contributed by atoms with Gasteiger partial charge in [0.1, 0.15) is 5.56 Å². The Bertz CT molecular complexity index is 1140. The molecule has 0 amide bonds. The zero-order chi connectivity index (χ0) is 23.2. The summed E-state index contributed by atoms with van der Waals surface area (Å²) in [5, 5.41) is 13.6. The number of aromatic nitrogens is 3. The van der Waals surface area contributed by atoms with Gasteiger partial charge >= 0.3 is 5.97 Å². The fraction of sp³-hybridized carbons (Fsp3) is 0.286. The number of nitrogens with two attached hydrogens (primary N) is 1. The second kappa shape index (κ2) is 10.5. The Morgan fingerprint density at radius 2 is 1.87 bits per heavy atom. The van der Waals surface area contributed by atoms with Gasteiger partial charge < -0.3 is 10.8 Å². The van der Waals surface area contributed by atoms with Crippen LogP contribution in [-0.4, -0.2) is 40.5 Å². The van der Waals surface area contributed by atoms with E-state index in [0.717, 1.165) is 24.1 Å². The quantitative estimate of drug-likeness (QED) is 0.567. The number of carboxylic acid groups (broad SMARTS) is 1. The molecule has 2 heterocycles. The van der Waals surface area contributed by atoms with Crippen molar-refractivity contribution < 1.29 is 18.3 Å². The van der Waals surface area contributed by atoms with E-state index in [4.69, 9.17) is 22.4 Å². The van der Waals surface area contributed by atoms with Crippen molar-refractivity contribution in [2.24, 2.45) is 5.73 Å². The second-order valence-electron chi connectivity index (χ2n) is 6.96. The van der Waals surface area contributed by atoms with Gasteiger partial charge in [0.05, 0.1) is 22.5 Å². The van der Waals surface area contributed by atoms with Crippen LogP contribution in [0.2, 0.25) is 5.02 Å². The zero-order valence-corrected chi connectivity index (χ0v) is 19.1. The third kappa shape index (κ3) is 6.61. The maximum Gasteiger partial charge on any atom is 0.339 e. The average molecular weight is 465 g/mol. The molecular formula is C21H25ClN4O4S. The summed E-state index contributed by atoms with van der Waals surface area (Å²) < 4.78 is 24.1. The summed E-state index contributed by atoms with van der Waals surface area (Å²) in [5.41, 5.74) is 8.24. The molecule has 0 fully saturated rings. The van der Waals surface area contributed by atoms with Gasteiger partial charge in [-0.3, -0.25) is 4.98 Å².